The molecule has 1 saturated heterocycles. The number of thiazole rings is 1. The highest BCUT2D eigenvalue weighted by Crippen LogP contribution is 2.36. The third-order valence-corrected chi connectivity index (χ3v) is 4.89. The molecule has 3 heteroatoms. The summed E-state index contributed by atoms with van der Waals surface area (Å²) in [7, 11) is 0. The van der Waals surface area contributed by atoms with E-state index in [1.54, 1.807) is 0 Å². The van der Waals surface area contributed by atoms with E-state index in [2.05, 4.69) is 10.7 Å². The minimum absolute atomic E-state index is 0.760. The van der Waals surface area contributed by atoms with Gasteiger partial charge in [0.25, 0.3) is 0 Å². The van der Waals surface area contributed by atoms with Crippen molar-refractivity contribution in [3.63, 3.8) is 0 Å². The zero-order chi connectivity index (χ0) is 10.8. The summed E-state index contributed by atoms with van der Waals surface area (Å²) in [6.45, 7) is 1.22. The highest BCUT2D eigenvalue weighted by Gasteiger charge is 2.22. The number of aromatic nitrogens is 1. The minimum Gasteiger partial charge on any atom is -0.314 e. The lowest BCUT2D eigenvalue weighted by Gasteiger charge is -2.23. The van der Waals surface area contributed by atoms with Crippen molar-refractivity contribution in [1.29, 1.82) is 0 Å². The molecular formula is C13H20N2S. The number of rotatable bonds is 4. The van der Waals surface area contributed by atoms with Crippen molar-refractivity contribution in [2.24, 2.45) is 0 Å². The maximum Gasteiger partial charge on any atom is 0.0928 e. The van der Waals surface area contributed by atoms with Crippen LogP contribution in [0.25, 0.3) is 0 Å². The highest BCUT2D eigenvalue weighted by atomic mass is 32.1. The molecule has 1 aliphatic heterocycles. The lowest BCUT2D eigenvalue weighted by Crippen LogP contribution is -2.21. The maximum atomic E-state index is 4.78. The topological polar surface area (TPSA) is 24.9 Å². The Morgan fingerprint density at radius 2 is 2.25 bits per heavy atom. The molecule has 16 heavy (non-hydrogen) atoms. The largest absolute Gasteiger partial charge is 0.314 e. The standard InChI is InChI=1S/C13H20N2S/c1-3-10(4-1)12-9-16-13(15-12)7-6-11-5-2-8-14-11/h9-11,14H,1-8H2. The molecule has 1 N–H and O–H groups in total. The number of nitrogens with zero attached hydrogens (tertiary/aromatic N) is 1. The molecule has 2 heterocycles. The summed E-state index contributed by atoms with van der Waals surface area (Å²) in [5.74, 6) is 0.801. The quantitative estimate of drug-likeness (QED) is 0.869. The van der Waals surface area contributed by atoms with Gasteiger partial charge < -0.3 is 5.32 Å². The van der Waals surface area contributed by atoms with E-state index in [4.69, 9.17) is 4.98 Å². The molecule has 1 aromatic heterocycles. The van der Waals surface area contributed by atoms with E-state index in [1.165, 1.54) is 62.2 Å². The van der Waals surface area contributed by atoms with Crippen molar-refractivity contribution >= 4 is 11.3 Å². The molecule has 1 saturated carbocycles. The van der Waals surface area contributed by atoms with Crippen LogP contribution in [0.3, 0.4) is 0 Å². The zero-order valence-corrected chi connectivity index (χ0v) is 10.6. The molecule has 2 nitrogen and oxygen atoms in total. The Kier molecular flexibility index (Phi) is 3.25. The molecule has 0 spiro atoms. The van der Waals surface area contributed by atoms with E-state index in [1.807, 2.05) is 11.3 Å². The van der Waals surface area contributed by atoms with Crippen LogP contribution in [0, 0.1) is 0 Å². The number of hydrogen-bond acceptors (Lipinski definition) is 3. The molecule has 2 fully saturated rings. The Labute approximate surface area is 101 Å². The molecule has 0 bridgehead atoms. The Morgan fingerprint density at radius 3 is 2.94 bits per heavy atom. The fraction of sp³-hybridized carbons (Fsp3) is 0.769. The van der Waals surface area contributed by atoms with Gasteiger partial charge >= 0.3 is 0 Å². The Bertz CT molecular complexity index is 337. The number of hydrogen-bond donors (Lipinski definition) is 1. The fourth-order valence-corrected chi connectivity index (χ4v) is 3.53. The Balaban J connectivity index is 1.51. The molecule has 1 aromatic rings. The van der Waals surface area contributed by atoms with E-state index in [9.17, 15) is 0 Å². The molecule has 2 aliphatic rings. The van der Waals surface area contributed by atoms with Crippen LogP contribution in [-0.4, -0.2) is 17.6 Å². The summed E-state index contributed by atoms with van der Waals surface area (Å²) in [5.41, 5.74) is 1.38. The van der Waals surface area contributed by atoms with Crippen LogP contribution in [0.2, 0.25) is 0 Å². The van der Waals surface area contributed by atoms with Crippen molar-refractivity contribution in [2.45, 2.75) is 56.9 Å². The van der Waals surface area contributed by atoms with Gasteiger partial charge in [-0.05, 0) is 38.6 Å². The van der Waals surface area contributed by atoms with Crippen LogP contribution in [0.1, 0.15) is 55.1 Å². The van der Waals surface area contributed by atoms with Gasteiger partial charge in [-0.1, -0.05) is 6.42 Å². The number of nitrogens with one attached hydrogen (secondary N) is 1. The van der Waals surface area contributed by atoms with Gasteiger partial charge in [-0.25, -0.2) is 4.98 Å². The average Bonchev–Trinajstić information content (AvgIpc) is 2.81. The molecule has 1 atom stereocenters. The van der Waals surface area contributed by atoms with Gasteiger partial charge in [0.1, 0.15) is 0 Å². The molecule has 0 amide bonds. The fourth-order valence-electron chi connectivity index (χ4n) is 2.63. The van der Waals surface area contributed by atoms with Crippen molar-refractivity contribution < 1.29 is 0 Å². The van der Waals surface area contributed by atoms with Gasteiger partial charge in [-0.2, -0.15) is 0 Å². The van der Waals surface area contributed by atoms with Crippen molar-refractivity contribution in [2.75, 3.05) is 6.54 Å². The molecule has 0 radical (unpaired) electrons. The first-order chi connectivity index (χ1) is 7.92. The van der Waals surface area contributed by atoms with Crippen LogP contribution in [-0.2, 0) is 6.42 Å². The second kappa shape index (κ2) is 4.84. The summed E-state index contributed by atoms with van der Waals surface area (Å²) < 4.78 is 0. The maximum absolute atomic E-state index is 4.78. The monoisotopic (exact) mass is 236 g/mol. The predicted molar refractivity (Wildman–Crippen MR) is 68.1 cm³/mol. The first-order valence-electron chi connectivity index (χ1n) is 6.59. The summed E-state index contributed by atoms with van der Waals surface area (Å²) in [4.78, 5) is 4.78. The SMILES string of the molecule is c1sc(CCC2CCCN2)nc1C1CCC1. The van der Waals surface area contributed by atoms with Crippen LogP contribution in [0.5, 0.6) is 0 Å². The normalized spacial score (nSPS) is 25.9. The van der Waals surface area contributed by atoms with Crippen LogP contribution < -0.4 is 5.32 Å². The molecule has 1 aliphatic carbocycles. The highest BCUT2D eigenvalue weighted by molar-refractivity contribution is 7.09. The van der Waals surface area contributed by atoms with Gasteiger partial charge in [-0.15, -0.1) is 11.3 Å². The van der Waals surface area contributed by atoms with Crippen molar-refractivity contribution in [3.05, 3.63) is 16.1 Å². The van der Waals surface area contributed by atoms with Gasteiger partial charge in [0.15, 0.2) is 0 Å². The van der Waals surface area contributed by atoms with Crippen molar-refractivity contribution in [1.82, 2.24) is 10.3 Å². The third kappa shape index (κ3) is 2.30. The smallest absolute Gasteiger partial charge is 0.0928 e. The Morgan fingerprint density at radius 1 is 1.31 bits per heavy atom. The van der Waals surface area contributed by atoms with E-state index in [0.29, 0.717) is 0 Å². The molecule has 0 aromatic carbocycles. The lowest BCUT2D eigenvalue weighted by atomic mass is 9.83. The van der Waals surface area contributed by atoms with Gasteiger partial charge in [0, 0.05) is 23.8 Å². The van der Waals surface area contributed by atoms with Gasteiger partial charge in [0.05, 0.1) is 10.7 Å². The first kappa shape index (κ1) is 10.7. The summed E-state index contributed by atoms with van der Waals surface area (Å²) in [6.07, 6.45) is 9.31. The molecule has 3 rings (SSSR count). The minimum atomic E-state index is 0.760. The van der Waals surface area contributed by atoms with Crippen LogP contribution in [0.15, 0.2) is 5.38 Å². The second-order valence-electron chi connectivity index (χ2n) is 5.13. The molecule has 1 unspecified atom stereocenters. The summed E-state index contributed by atoms with van der Waals surface area (Å²) in [6, 6.07) is 0.760. The first-order valence-corrected chi connectivity index (χ1v) is 7.47. The van der Waals surface area contributed by atoms with Gasteiger partial charge in [-0.3, -0.25) is 0 Å². The third-order valence-electron chi connectivity index (χ3n) is 3.96. The Hall–Kier alpha value is -0.410. The van der Waals surface area contributed by atoms with E-state index in [-0.39, 0.29) is 0 Å². The van der Waals surface area contributed by atoms with E-state index >= 15 is 0 Å². The van der Waals surface area contributed by atoms with E-state index < -0.39 is 0 Å². The average molecular weight is 236 g/mol. The summed E-state index contributed by atoms with van der Waals surface area (Å²) in [5, 5.41) is 7.21. The van der Waals surface area contributed by atoms with E-state index in [0.717, 1.165) is 12.0 Å². The molecule has 88 valence electrons. The summed E-state index contributed by atoms with van der Waals surface area (Å²) >= 11 is 1.87. The van der Waals surface area contributed by atoms with Crippen LogP contribution in [0.4, 0.5) is 0 Å². The zero-order valence-electron chi connectivity index (χ0n) is 9.74. The number of aryl methyl sites for hydroxylation is 1. The predicted octanol–water partition coefficient (Wildman–Crippen LogP) is 3.10. The lowest BCUT2D eigenvalue weighted by molar-refractivity contribution is 0.412. The van der Waals surface area contributed by atoms with Crippen molar-refractivity contribution in [3.8, 4) is 0 Å². The van der Waals surface area contributed by atoms with Crippen LogP contribution >= 0.6 is 11.3 Å². The second-order valence-corrected chi connectivity index (χ2v) is 6.07. The molecular weight excluding hydrogens is 216 g/mol. The van der Waals surface area contributed by atoms with Gasteiger partial charge in [0.2, 0.25) is 0 Å².